The molecule has 0 spiro atoms. The molecule has 2 amide bonds. The van der Waals surface area contributed by atoms with Crippen molar-refractivity contribution in [3.8, 4) is 0 Å². The Morgan fingerprint density at radius 2 is 1.43 bits per heavy atom. The monoisotopic (exact) mass is 283 g/mol. The number of benzene rings is 2. The molecule has 0 heterocycles. The van der Waals surface area contributed by atoms with E-state index in [4.69, 9.17) is 5.73 Å². The highest BCUT2D eigenvalue weighted by atomic mass is 16.2. The number of hydrogen-bond donors (Lipinski definition) is 3. The van der Waals surface area contributed by atoms with Gasteiger partial charge in [-0.05, 0) is 48.5 Å². The van der Waals surface area contributed by atoms with Gasteiger partial charge in [0.2, 0.25) is 5.91 Å². The Kier molecular flexibility index (Phi) is 4.56. The molecule has 0 aliphatic heterocycles. The molecule has 0 aliphatic carbocycles. The topological polar surface area (TPSA) is 84.2 Å². The minimum absolute atomic E-state index is 0.0475. The van der Waals surface area contributed by atoms with Crippen LogP contribution in [0.5, 0.6) is 0 Å². The van der Waals surface area contributed by atoms with Gasteiger partial charge in [-0.2, -0.15) is 0 Å². The zero-order chi connectivity index (χ0) is 15.2. The average molecular weight is 283 g/mol. The first-order chi connectivity index (χ1) is 10.1. The highest BCUT2D eigenvalue weighted by Crippen LogP contribution is 2.15. The second-order valence-corrected chi connectivity index (χ2v) is 4.56. The Balaban J connectivity index is 2.01. The van der Waals surface area contributed by atoms with Gasteiger partial charge in [0.25, 0.3) is 5.91 Å². The predicted molar refractivity (Wildman–Crippen MR) is 84.2 cm³/mol. The molecule has 0 radical (unpaired) electrons. The fraction of sp³-hybridized carbons (Fsp3) is 0.125. The summed E-state index contributed by atoms with van der Waals surface area (Å²) >= 11 is 0. The summed E-state index contributed by atoms with van der Waals surface area (Å²) in [4.78, 5) is 23.3. The van der Waals surface area contributed by atoms with Crippen LogP contribution in [0.1, 0.15) is 23.7 Å². The molecule has 0 fully saturated rings. The van der Waals surface area contributed by atoms with E-state index < -0.39 is 0 Å². The maximum absolute atomic E-state index is 12.0. The molecule has 108 valence electrons. The van der Waals surface area contributed by atoms with Crippen LogP contribution in [0.15, 0.2) is 48.5 Å². The van der Waals surface area contributed by atoms with Gasteiger partial charge in [-0.25, -0.2) is 0 Å². The van der Waals surface area contributed by atoms with E-state index in [1.54, 1.807) is 55.5 Å². The van der Waals surface area contributed by atoms with Gasteiger partial charge in [0, 0.05) is 29.0 Å². The zero-order valence-electron chi connectivity index (χ0n) is 11.7. The normalized spacial score (nSPS) is 9.95. The molecule has 5 nitrogen and oxygen atoms in total. The molecule has 0 atom stereocenters. The maximum Gasteiger partial charge on any atom is 0.255 e. The molecule has 0 saturated heterocycles. The van der Waals surface area contributed by atoms with Gasteiger partial charge in [-0.15, -0.1) is 0 Å². The minimum Gasteiger partial charge on any atom is -0.399 e. The number of nitrogens with two attached hydrogens (primary N) is 1. The van der Waals surface area contributed by atoms with Gasteiger partial charge in [-0.1, -0.05) is 6.92 Å². The van der Waals surface area contributed by atoms with E-state index in [-0.39, 0.29) is 11.8 Å². The average Bonchev–Trinajstić information content (AvgIpc) is 2.49. The fourth-order valence-corrected chi connectivity index (χ4v) is 1.72. The van der Waals surface area contributed by atoms with Gasteiger partial charge in [0.1, 0.15) is 0 Å². The van der Waals surface area contributed by atoms with Gasteiger partial charge < -0.3 is 16.4 Å². The van der Waals surface area contributed by atoms with Crippen LogP contribution in [0.3, 0.4) is 0 Å². The number of amides is 2. The van der Waals surface area contributed by atoms with Gasteiger partial charge in [-0.3, -0.25) is 9.59 Å². The Labute approximate surface area is 123 Å². The first kappa shape index (κ1) is 14.6. The van der Waals surface area contributed by atoms with Crippen LogP contribution >= 0.6 is 0 Å². The lowest BCUT2D eigenvalue weighted by Crippen LogP contribution is -2.12. The van der Waals surface area contributed by atoms with Crippen molar-refractivity contribution in [2.75, 3.05) is 16.4 Å². The molecule has 0 unspecified atom stereocenters. The quantitative estimate of drug-likeness (QED) is 0.754. The first-order valence-electron chi connectivity index (χ1n) is 6.65. The number of carbonyl (C=O) groups is 2. The van der Waals surface area contributed by atoms with Crippen molar-refractivity contribution in [1.82, 2.24) is 0 Å². The van der Waals surface area contributed by atoms with E-state index in [1.165, 1.54) is 0 Å². The summed E-state index contributed by atoms with van der Waals surface area (Å²) in [6.45, 7) is 1.79. The van der Waals surface area contributed by atoms with Crippen molar-refractivity contribution < 1.29 is 9.59 Å². The Hall–Kier alpha value is -2.82. The van der Waals surface area contributed by atoms with Gasteiger partial charge in [0.05, 0.1) is 0 Å². The predicted octanol–water partition coefficient (Wildman–Crippen LogP) is 2.87. The standard InChI is InChI=1S/C16H17N3O2/c1-2-15(20)18-13-7-9-14(10-8-13)19-16(21)11-3-5-12(17)6-4-11/h3-10H,2,17H2,1H3,(H,18,20)(H,19,21). The molecule has 0 saturated carbocycles. The summed E-state index contributed by atoms with van der Waals surface area (Å²) in [6, 6.07) is 13.6. The highest BCUT2D eigenvalue weighted by molar-refractivity contribution is 6.04. The summed E-state index contributed by atoms with van der Waals surface area (Å²) in [5, 5.41) is 5.52. The van der Waals surface area contributed by atoms with Crippen LogP contribution in [-0.4, -0.2) is 11.8 Å². The molecule has 21 heavy (non-hydrogen) atoms. The lowest BCUT2D eigenvalue weighted by Gasteiger charge is -2.07. The highest BCUT2D eigenvalue weighted by Gasteiger charge is 2.06. The molecule has 0 aromatic heterocycles. The third kappa shape index (κ3) is 4.07. The molecule has 2 rings (SSSR count). The van der Waals surface area contributed by atoms with Crippen molar-refractivity contribution in [2.24, 2.45) is 0 Å². The molecular formula is C16H17N3O2. The third-order valence-electron chi connectivity index (χ3n) is 2.92. The summed E-state index contributed by atoms with van der Waals surface area (Å²) in [6.07, 6.45) is 0.426. The maximum atomic E-state index is 12.0. The largest absolute Gasteiger partial charge is 0.399 e. The third-order valence-corrected chi connectivity index (χ3v) is 2.92. The van der Waals surface area contributed by atoms with E-state index in [0.717, 1.165) is 0 Å². The smallest absolute Gasteiger partial charge is 0.255 e. The van der Waals surface area contributed by atoms with Crippen molar-refractivity contribution in [3.05, 3.63) is 54.1 Å². The van der Waals surface area contributed by atoms with Crippen molar-refractivity contribution in [1.29, 1.82) is 0 Å². The van der Waals surface area contributed by atoms with Crippen molar-refractivity contribution >= 4 is 28.9 Å². The van der Waals surface area contributed by atoms with Crippen LogP contribution in [0.2, 0.25) is 0 Å². The number of rotatable bonds is 4. The van der Waals surface area contributed by atoms with E-state index >= 15 is 0 Å². The second-order valence-electron chi connectivity index (χ2n) is 4.56. The van der Waals surface area contributed by atoms with E-state index in [1.807, 2.05) is 0 Å². The van der Waals surface area contributed by atoms with Crippen LogP contribution in [0.4, 0.5) is 17.1 Å². The van der Waals surface area contributed by atoms with Crippen LogP contribution in [-0.2, 0) is 4.79 Å². The molecule has 4 N–H and O–H groups in total. The number of nitrogens with one attached hydrogen (secondary N) is 2. The summed E-state index contributed by atoms with van der Waals surface area (Å²) < 4.78 is 0. The number of hydrogen-bond acceptors (Lipinski definition) is 3. The number of nitrogen functional groups attached to an aromatic ring is 1. The van der Waals surface area contributed by atoms with Gasteiger partial charge >= 0.3 is 0 Å². The lowest BCUT2D eigenvalue weighted by atomic mass is 10.2. The van der Waals surface area contributed by atoms with Crippen LogP contribution in [0.25, 0.3) is 0 Å². The van der Waals surface area contributed by atoms with Crippen molar-refractivity contribution in [3.63, 3.8) is 0 Å². The summed E-state index contributed by atoms with van der Waals surface area (Å²) in [5.41, 5.74) is 8.09. The molecule has 5 heteroatoms. The van der Waals surface area contributed by atoms with Crippen LogP contribution in [0, 0.1) is 0 Å². The van der Waals surface area contributed by atoms with E-state index in [0.29, 0.717) is 29.0 Å². The van der Waals surface area contributed by atoms with E-state index in [9.17, 15) is 9.59 Å². The Morgan fingerprint density at radius 1 is 0.905 bits per heavy atom. The lowest BCUT2D eigenvalue weighted by molar-refractivity contribution is -0.115. The van der Waals surface area contributed by atoms with Crippen molar-refractivity contribution in [2.45, 2.75) is 13.3 Å². The van der Waals surface area contributed by atoms with Crippen LogP contribution < -0.4 is 16.4 Å². The first-order valence-corrected chi connectivity index (χ1v) is 6.65. The molecule has 0 aliphatic rings. The molecular weight excluding hydrogens is 266 g/mol. The molecule has 2 aromatic rings. The fourth-order valence-electron chi connectivity index (χ4n) is 1.72. The number of carbonyl (C=O) groups excluding carboxylic acids is 2. The van der Waals surface area contributed by atoms with E-state index in [2.05, 4.69) is 10.6 Å². The molecule has 0 bridgehead atoms. The Bertz CT molecular complexity index is 634. The minimum atomic E-state index is -0.208. The SMILES string of the molecule is CCC(=O)Nc1ccc(NC(=O)c2ccc(N)cc2)cc1. The Morgan fingerprint density at radius 3 is 1.95 bits per heavy atom. The summed E-state index contributed by atoms with van der Waals surface area (Å²) in [5.74, 6) is -0.256. The number of anilines is 3. The molecule has 2 aromatic carbocycles. The van der Waals surface area contributed by atoms with Gasteiger partial charge in [0.15, 0.2) is 0 Å². The second kappa shape index (κ2) is 6.56. The zero-order valence-corrected chi connectivity index (χ0v) is 11.7. The summed E-state index contributed by atoms with van der Waals surface area (Å²) in [7, 11) is 0.